The summed E-state index contributed by atoms with van der Waals surface area (Å²) in [4.78, 5) is 11.5. The Labute approximate surface area is 99.9 Å². The van der Waals surface area contributed by atoms with E-state index < -0.39 is 0 Å². The van der Waals surface area contributed by atoms with E-state index in [1.807, 2.05) is 24.3 Å². The molecule has 0 aromatic heterocycles. The first-order valence-electron chi connectivity index (χ1n) is 5.46. The molecule has 2 heteroatoms. The molecule has 0 atom stereocenters. The molecular weight excluding hydrogens is 215 g/mol. The number of ketones is 1. The summed E-state index contributed by atoms with van der Waals surface area (Å²) in [6, 6.07) is 12.3. The van der Waals surface area contributed by atoms with Crippen molar-refractivity contribution in [2.24, 2.45) is 0 Å². The van der Waals surface area contributed by atoms with E-state index in [1.165, 1.54) is 13.0 Å². The lowest BCUT2D eigenvalue weighted by atomic mass is 9.97. The van der Waals surface area contributed by atoms with Crippen molar-refractivity contribution in [3.63, 3.8) is 0 Å². The Balaban J connectivity index is 2.60. The third-order valence-electron chi connectivity index (χ3n) is 2.79. The molecule has 0 heterocycles. The molecule has 0 radical (unpaired) electrons. The van der Waals surface area contributed by atoms with Crippen LogP contribution in [0.2, 0.25) is 0 Å². The fourth-order valence-electron chi connectivity index (χ4n) is 1.80. The zero-order valence-electron chi connectivity index (χ0n) is 9.83. The number of hydrogen-bond donors (Lipinski definition) is 0. The summed E-state index contributed by atoms with van der Waals surface area (Å²) in [5.74, 6) is -0.262. The molecule has 2 rings (SSSR count). The van der Waals surface area contributed by atoms with Gasteiger partial charge >= 0.3 is 0 Å². The van der Waals surface area contributed by atoms with E-state index in [0.717, 1.165) is 11.1 Å². The Bertz CT molecular complexity index is 573. The molecule has 0 aliphatic carbocycles. The van der Waals surface area contributed by atoms with E-state index in [-0.39, 0.29) is 11.6 Å². The number of hydrogen-bond acceptors (Lipinski definition) is 1. The standard InChI is InChI=1S/C15H13FO/c1-10-7-8-12(9-15(10)16)14-6-4-3-5-13(14)11(2)17/h3-9H,1-2H3. The zero-order chi connectivity index (χ0) is 12.4. The van der Waals surface area contributed by atoms with Gasteiger partial charge in [-0.1, -0.05) is 36.4 Å². The molecule has 17 heavy (non-hydrogen) atoms. The Morgan fingerprint density at radius 2 is 1.82 bits per heavy atom. The molecule has 0 fully saturated rings. The van der Waals surface area contributed by atoms with Crippen LogP contribution in [0.25, 0.3) is 11.1 Å². The fourth-order valence-corrected chi connectivity index (χ4v) is 1.80. The number of carbonyl (C=O) groups excluding carboxylic acids is 1. The maximum absolute atomic E-state index is 13.5. The van der Waals surface area contributed by atoms with Crippen molar-refractivity contribution in [1.29, 1.82) is 0 Å². The van der Waals surface area contributed by atoms with E-state index in [1.54, 1.807) is 19.1 Å². The second-order valence-electron chi connectivity index (χ2n) is 4.07. The Morgan fingerprint density at radius 3 is 2.47 bits per heavy atom. The maximum atomic E-state index is 13.5. The average Bonchev–Trinajstić information content (AvgIpc) is 2.32. The summed E-state index contributed by atoms with van der Waals surface area (Å²) in [6.45, 7) is 3.24. The minimum absolute atomic E-state index is 0.0124. The van der Waals surface area contributed by atoms with Crippen LogP contribution in [0.1, 0.15) is 22.8 Å². The van der Waals surface area contributed by atoms with E-state index in [0.29, 0.717) is 11.1 Å². The Kier molecular flexibility index (Phi) is 3.05. The molecule has 2 aromatic carbocycles. The second-order valence-corrected chi connectivity index (χ2v) is 4.07. The molecule has 0 bridgehead atoms. The molecule has 0 N–H and O–H groups in total. The van der Waals surface area contributed by atoms with E-state index in [4.69, 9.17) is 0 Å². The van der Waals surface area contributed by atoms with Crippen molar-refractivity contribution in [3.05, 3.63) is 59.4 Å². The molecule has 1 nitrogen and oxygen atoms in total. The van der Waals surface area contributed by atoms with Crippen LogP contribution in [0.15, 0.2) is 42.5 Å². The number of halogens is 1. The highest BCUT2D eigenvalue weighted by molar-refractivity contribution is 6.00. The molecule has 86 valence electrons. The first kappa shape index (κ1) is 11.5. The smallest absolute Gasteiger partial charge is 0.160 e. The largest absolute Gasteiger partial charge is 0.294 e. The molecule has 0 saturated carbocycles. The number of carbonyl (C=O) groups is 1. The summed E-state index contributed by atoms with van der Waals surface area (Å²) in [5.41, 5.74) is 2.74. The first-order valence-corrected chi connectivity index (χ1v) is 5.46. The van der Waals surface area contributed by atoms with Crippen molar-refractivity contribution >= 4 is 5.78 Å². The van der Waals surface area contributed by atoms with Gasteiger partial charge in [0.2, 0.25) is 0 Å². The highest BCUT2D eigenvalue weighted by atomic mass is 19.1. The summed E-state index contributed by atoms with van der Waals surface area (Å²) in [5, 5.41) is 0. The lowest BCUT2D eigenvalue weighted by molar-refractivity contribution is 0.101. The minimum atomic E-state index is -0.249. The molecule has 2 aromatic rings. The Morgan fingerprint density at radius 1 is 1.12 bits per heavy atom. The number of aryl methyl sites for hydroxylation is 1. The molecule has 0 unspecified atom stereocenters. The minimum Gasteiger partial charge on any atom is -0.294 e. The SMILES string of the molecule is CC(=O)c1ccccc1-c1ccc(C)c(F)c1. The van der Waals surface area contributed by atoms with E-state index in [2.05, 4.69) is 0 Å². The van der Waals surface area contributed by atoms with Crippen LogP contribution in [-0.2, 0) is 0 Å². The quantitative estimate of drug-likeness (QED) is 0.710. The summed E-state index contributed by atoms with van der Waals surface area (Å²) >= 11 is 0. The summed E-state index contributed by atoms with van der Waals surface area (Å²) < 4.78 is 13.5. The van der Waals surface area contributed by atoms with Gasteiger partial charge in [-0.05, 0) is 36.6 Å². The van der Waals surface area contributed by atoms with Gasteiger partial charge in [-0.15, -0.1) is 0 Å². The van der Waals surface area contributed by atoms with Crippen LogP contribution in [0.3, 0.4) is 0 Å². The lowest BCUT2D eigenvalue weighted by Crippen LogP contribution is -1.96. The van der Waals surface area contributed by atoms with Crippen molar-refractivity contribution in [2.75, 3.05) is 0 Å². The summed E-state index contributed by atoms with van der Waals surface area (Å²) in [6.07, 6.45) is 0. The van der Waals surface area contributed by atoms with Gasteiger partial charge in [0, 0.05) is 5.56 Å². The second kappa shape index (κ2) is 4.50. The van der Waals surface area contributed by atoms with Gasteiger partial charge in [0.25, 0.3) is 0 Å². The topological polar surface area (TPSA) is 17.1 Å². The predicted molar refractivity (Wildman–Crippen MR) is 66.6 cm³/mol. The average molecular weight is 228 g/mol. The summed E-state index contributed by atoms with van der Waals surface area (Å²) in [7, 11) is 0. The monoisotopic (exact) mass is 228 g/mol. The van der Waals surface area contributed by atoms with Crippen LogP contribution < -0.4 is 0 Å². The third kappa shape index (κ3) is 2.26. The Hall–Kier alpha value is -1.96. The van der Waals surface area contributed by atoms with Gasteiger partial charge in [0.15, 0.2) is 5.78 Å². The highest BCUT2D eigenvalue weighted by Gasteiger charge is 2.09. The number of rotatable bonds is 2. The van der Waals surface area contributed by atoms with Crippen molar-refractivity contribution in [1.82, 2.24) is 0 Å². The highest BCUT2D eigenvalue weighted by Crippen LogP contribution is 2.25. The molecule has 0 aliphatic rings. The molecule has 0 aliphatic heterocycles. The van der Waals surface area contributed by atoms with Crippen LogP contribution in [0, 0.1) is 12.7 Å². The van der Waals surface area contributed by atoms with Crippen LogP contribution in [0.5, 0.6) is 0 Å². The fraction of sp³-hybridized carbons (Fsp3) is 0.133. The van der Waals surface area contributed by atoms with Crippen molar-refractivity contribution < 1.29 is 9.18 Å². The number of benzene rings is 2. The third-order valence-corrected chi connectivity index (χ3v) is 2.79. The molecule has 0 amide bonds. The lowest BCUT2D eigenvalue weighted by Gasteiger charge is -2.07. The van der Waals surface area contributed by atoms with Crippen LogP contribution in [-0.4, -0.2) is 5.78 Å². The predicted octanol–water partition coefficient (Wildman–Crippen LogP) is 4.00. The molecular formula is C15H13FO. The molecule has 0 saturated heterocycles. The normalized spacial score (nSPS) is 10.3. The first-order chi connectivity index (χ1) is 8.09. The van der Waals surface area contributed by atoms with E-state index in [9.17, 15) is 9.18 Å². The van der Waals surface area contributed by atoms with E-state index >= 15 is 0 Å². The van der Waals surface area contributed by atoms with Gasteiger partial charge in [-0.2, -0.15) is 0 Å². The molecule has 0 spiro atoms. The van der Waals surface area contributed by atoms with Crippen LogP contribution >= 0.6 is 0 Å². The van der Waals surface area contributed by atoms with Gasteiger partial charge in [-0.3, -0.25) is 4.79 Å². The maximum Gasteiger partial charge on any atom is 0.160 e. The van der Waals surface area contributed by atoms with Crippen LogP contribution in [0.4, 0.5) is 4.39 Å². The van der Waals surface area contributed by atoms with Gasteiger partial charge in [0.05, 0.1) is 0 Å². The van der Waals surface area contributed by atoms with Gasteiger partial charge < -0.3 is 0 Å². The van der Waals surface area contributed by atoms with Crippen molar-refractivity contribution in [3.8, 4) is 11.1 Å². The number of Topliss-reactive ketones (excluding diaryl/α,β-unsaturated/α-hetero) is 1. The van der Waals surface area contributed by atoms with Gasteiger partial charge in [0.1, 0.15) is 5.82 Å². The van der Waals surface area contributed by atoms with Crippen molar-refractivity contribution in [2.45, 2.75) is 13.8 Å². The van der Waals surface area contributed by atoms with Gasteiger partial charge in [-0.25, -0.2) is 4.39 Å². The zero-order valence-corrected chi connectivity index (χ0v) is 9.83.